The SMILES string of the molecule is CC(C)COC(=O)N1CCN(C(=O)/C=C/c2cn(Cc3ccccc3)nc2-c2cccnc2)CC1. The van der Waals surface area contributed by atoms with Gasteiger partial charge >= 0.3 is 6.09 Å². The van der Waals surface area contributed by atoms with Gasteiger partial charge in [0.2, 0.25) is 5.91 Å². The molecule has 1 saturated heterocycles. The Labute approximate surface area is 205 Å². The lowest BCUT2D eigenvalue weighted by Gasteiger charge is -2.33. The summed E-state index contributed by atoms with van der Waals surface area (Å²) >= 11 is 0. The Morgan fingerprint density at radius 2 is 1.77 bits per heavy atom. The van der Waals surface area contributed by atoms with Crippen molar-refractivity contribution in [1.29, 1.82) is 0 Å². The molecule has 1 aliphatic rings. The van der Waals surface area contributed by atoms with Gasteiger partial charge in [-0.05, 0) is 29.7 Å². The third-order valence-corrected chi connectivity index (χ3v) is 5.71. The maximum Gasteiger partial charge on any atom is 0.409 e. The molecule has 3 heterocycles. The molecule has 1 aromatic carbocycles. The number of carbonyl (C=O) groups is 2. The van der Waals surface area contributed by atoms with Gasteiger partial charge in [0.05, 0.1) is 13.2 Å². The molecule has 0 unspecified atom stereocenters. The second kappa shape index (κ2) is 11.5. The van der Waals surface area contributed by atoms with E-state index in [2.05, 4.69) is 17.1 Å². The summed E-state index contributed by atoms with van der Waals surface area (Å²) in [6.45, 7) is 6.91. The van der Waals surface area contributed by atoms with Gasteiger partial charge in [0.25, 0.3) is 0 Å². The van der Waals surface area contributed by atoms with Crippen molar-refractivity contribution in [1.82, 2.24) is 24.6 Å². The fraction of sp³-hybridized carbons (Fsp3) is 0.333. The molecule has 0 atom stereocenters. The summed E-state index contributed by atoms with van der Waals surface area (Å²) in [4.78, 5) is 32.7. The number of pyridine rings is 1. The molecule has 0 N–H and O–H groups in total. The van der Waals surface area contributed by atoms with Crippen LogP contribution in [0.25, 0.3) is 17.3 Å². The van der Waals surface area contributed by atoms with Gasteiger partial charge in [-0.3, -0.25) is 14.5 Å². The summed E-state index contributed by atoms with van der Waals surface area (Å²) in [5.41, 5.74) is 3.65. The van der Waals surface area contributed by atoms with Crippen LogP contribution in [0.5, 0.6) is 0 Å². The molecular formula is C27H31N5O3. The lowest BCUT2D eigenvalue weighted by atomic mass is 10.1. The summed E-state index contributed by atoms with van der Waals surface area (Å²) in [5.74, 6) is 0.203. The van der Waals surface area contributed by atoms with Crippen molar-refractivity contribution >= 4 is 18.1 Å². The largest absolute Gasteiger partial charge is 0.449 e. The van der Waals surface area contributed by atoms with Gasteiger partial charge in [-0.15, -0.1) is 0 Å². The molecule has 0 saturated carbocycles. The monoisotopic (exact) mass is 473 g/mol. The van der Waals surface area contributed by atoms with Crippen molar-refractivity contribution in [2.24, 2.45) is 5.92 Å². The Hall–Kier alpha value is -3.94. The molecule has 3 aromatic rings. The summed E-state index contributed by atoms with van der Waals surface area (Å²) in [6.07, 6.45) is 8.52. The molecule has 2 aromatic heterocycles. The first-order valence-electron chi connectivity index (χ1n) is 11.9. The molecule has 35 heavy (non-hydrogen) atoms. The van der Waals surface area contributed by atoms with Crippen molar-refractivity contribution in [3.05, 3.63) is 78.3 Å². The van der Waals surface area contributed by atoms with Crippen molar-refractivity contribution in [2.75, 3.05) is 32.8 Å². The third-order valence-electron chi connectivity index (χ3n) is 5.71. The van der Waals surface area contributed by atoms with E-state index in [1.54, 1.807) is 28.3 Å². The first kappa shape index (κ1) is 24.2. The lowest BCUT2D eigenvalue weighted by Crippen LogP contribution is -2.50. The van der Waals surface area contributed by atoms with Crippen LogP contribution in [0.3, 0.4) is 0 Å². The first-order valence-corrected chi connectivity index (χ1v) is 11.9. The fourth-order valence-corrected chi connectivity index (χ4v) is 3.84. The second-order valence-corrected chi connectivity index (χ2v) is 8.97. The maximum absolute atomic E-state index is 12.9. The highest BCUT2D eigenvalue weighted by Crippen LogP contribution is 2.23. The summed E-state index contributed by atoms with van der Waals surface area (Å²) in [7, 11) is 0. The molecule has 1 aliphatic heterocycles. The molecule has 4 rings (SSSR count). The molecular weight excluding hydrogens is 442 g/mol. The van der Waals surface area contributed by atoms with Gasteiger partial charge in [-0.25, -0.2) is 4.79 Å². The highest BCUT2D eigenvalue weighted by molar-refractivity contribution is 5.93. The molecule has 8 nitrogen and oxygen atoms in total. The minimum absolute atomic E-state index is 0.0897. The molecule has 0 bridgehead atoms. The molecule has 8 heteroatoms. The van der Waals surface area contributed by atoms with Crippen LogP contribution in [0.2, 0.25) is 0 Å². The number of rotatable bonds is 7. The van der Waals surface area contributed by atoms with E-state index >= 15 is 0 Å². The molecule has 182 valence electrons. The number of ether oxygens (including phenoxy) is 1. The van der Waals surface area contributed by atoms with Gasteiger partial charge in [-0.2, -0.15) is 5.10 Å². The van der Waals surface area contributed by atoms with Crippen molar-refractivity contribution in [3.63, 3.8) is 0 Å². The highest BCUT2D eigenvalue weighted by Gasteiger charge is 2.24. The summed E-state index contributed by atoms with van der Waals surface area (Å²) in [6, 6.07) is 13.9. The van der Waals surface area contributed by atoms with Crippen LogP contribution < -0.4 is 0 Å². The van der Waals surface area contributed by atoms with Gasteiger partial charge in [0.15, 0.2) is 0 Å². The van der Waals surface area contributed by atoms with E-state index in [1.807, 2.05) is 61.1 Å². The Kier molecular flexibility index (Phi) is 7.92. The van der Waals surface area contributed by atoms with Gasteiger partial charge in [0.1, 0.15) is 5.69 Å². The molecule has 0 aliphatic carbocycles. The first-order chi connectivity index (χ1) is 17.0. The van der Waals surface area contributed by atoms with E-state index in [4.69, 9.17) is 9.84 Å². The molecule has 0 spiro atoms. The third kappa shape index (κ3) is 6.56. The predicted molar refractivity (Wildman–Crippen MR) is 134 cm³/mol. The van der Waals surface area contributed by atoms with Crippen LogP contribution in [-0.4, -0.2) is 69.4 Å². The number of aromatic nitrogens is 3. The molecule has 2 amide bonds. The number of amides is 2. The average Bonchev–Trinajstić information content (AvgIpc) is 3.29. The van der Waals surface area contributed by atoms with E-state index in [0.717, 1.165) is 22.4 Å². The zero-order chi connectivity index (χ0) is 24.6. The van der Waals surface area contributed by atoms with Crippen molar-refractivity contribution in [3.8, 4) is 11.3 Å². The topological polar surface area (TPSA) is 80.6 Å². The zero-order valence-electron chi connectivity index (χ0n) is 20.2. The van der Waals surface area contributed by atoms with E-state index in [1.165, 1.54) is 0 Å². The Morgan fingerprint density at radius 3 is 2.46 bits per heavy atom. The van der Waals surface area contributed by atoms with E-state index in [0.29, 0.717) is 45.2 Å². The van der Waals surface area contributed by atoms with Crippen LogP contribution in [0.4, 0.5) is 4.79 Å². The quantitative estimate of drug-likeness (QED) is 0.486. The smallest absolute Gasteiger partial charge is 0.409 e. The number of hydrogen-bond acceptors (Lipinski definition) is 5. The van der Waals surface area contributed by atoms with Crippen LogP contribution >= 0.6 is 0 Å². The van der Waals surface area contributed by atoms with Crippen LogP contribution in [0, 0.1) is 5.92 Å². The number of piperazine rings is 1. The zero-order valence-corrected chi connectivity index (χ0v) is 20.2. The number of nitrogens with zero attached hydrogens (tertiary/aromatic N) is 5. The van der Waals surface area contributed by atoms with Crippen LogP contribution in [-0.2, 0) is 16.1 Å². The van der Waals surface area contributed by atoms with Gasteiger partial charge in [0, 0.05) is 62.0 Å². The van der Waals surface area contributed by atoms with E-state index < -0.39 is 0 Å². The Bertz CT molecular complexity index is 1150. The average molecular weight is 474 g/mol. The number of hydrogen-bond donors (Lipinski definition) is 0. The number of benzene rings is 1. The number of carbonyl (C=O) groups excluding carboxylic acids is 2. The minimum Gasteiger partial charge on any atom is -0.449 e. The Balaban J connectivity index is 1.43. The standard InChI is InChI=1S/C27H31N5O3/c1-21(2)20-35-27(34)31-15-13-30(14-16-31)25(33)11-10-24-19-32(18-22-7-4-3-5-8-22)29-26(24)23-9-6-12-28-17-23/h3-12,17,19,21H,13-16,18,20H2,1-2H3/b11-10+. The van der Waals surface area contributed by atoms with E-state index in [9.17, 15) is 9.59 Å². The van der Waals surface area contributed by atoms with E-state index in [-0.39, 0.29) is 12.0 Å². The van der Waals surface area contributed by atoms with Gasteiger partial charge < -0.3 is 14.5 Å². The summed E-state index contributed by atoms with van der Waals surface area (Å²) in [5, 5.41) is 4.77. The van der Waals surface area contributed by atoms with Crippen molar-refractivity contribution in [2.45, 2.75) is 20.4 Å². The summed E-state index contributed by atoms with van der Waals surface area (Å²) < 4.78 is 7.18. The highest BCUT2D eigenvalue weighted by atomic mass is 16.6. The maximum atomic E-state index is 12.9. The van der Waals surface area contributed by atoms with Crippen LogP contribution in [0.15, 0.2) is 67.1 Å². The molecule has 0 radical (unpaired) electrons. The molecule has 1 fully saturated rings. The normalized spacial score (nSPS) is 14.0. The lowest BCUT2D eigenvalue weighted by molar-refractivity contribution is -0.127. The van der Waals surface area contributed by atoms with Gasteiger partial charge in [-0.1, -0.05) is 44.2 Å². The fourth-order valence-electron chi connectivity index (χ4n) is 3.84. The van der Waals surface area contributed by atoms with Crippen molar-refractivity contribution < 1.29 is 14.3 Å². The Morgan fingerprint density at radius 1 is 1.03 bits per heavy atom. The van der Waals surface area contributed by atoms with Crippen LogP contribution in [0.1, 0.15) is 25.0 Å². The second-order valence-electron chi connectivity index (χ2n) is 8.97. The minimum atomic E-state index is -0.312. The predicted octanol–water partition coefficient (Wildman–Crippen LogP) is 3.94.